The third-order valence-corrected chi connectivity index (χ3v) is 4.18. The normalized spacial score (nSPS) is 19.2. The highest BCUT2D eigenvalue weighted by Crippen LogP contribution is 2.45. The number of nitrogens with one attached hydrogen (secondary N) is 2. The van der Waals surface area contributed by atoms with Crippen molar-refractivity contribution in [3.05, 3.63) is 52.4 Å². The molecule has 4 rings (SSSR count). The van der Waals surface area contributed by atoms with Crippen molar-refractivity contribution in [2.75, 3.05) is 11.9 Å². The largest absolute Gasteiger partial charge is 0.573 e. The summed E-state index contributed by atoms with van der Waals surface area (Å²) in [5.74, 6) is -0.665. The highest BCUT2D eigenvalue weighted by Gasteiger charge is 2.40. The van der Waals surface area contributed by atoms with Gasteiger partial charge in [-0.05, 0) is 24.6 Å². The summed E-state index contributed by atoms with van der Waals surface area (Å²) in [6, 6.07) is 5.45. The monoisotopic (exact) mass is 351 g/mol. The van der Waals surface area contributed by atoms with Crippen molar-refractivity contribution in [2.24, 2.45) is 0 Å². The zero-order valence-electron chi connectivity index (χ0n) is 12.9. The summed E-state index contributed by atoms with van der Waals surface area (Å²) in [6.07, 6.45) is -4.75. The van der Waals surface area contributed by atoms with E-state index >= 15 is 0 Å². The molecule has 2 aromatic rings. The molecule has 9 heteroatoms. The Hall–Kier alpha value is -2.97. The van der Waals surface area contributed by atoms with Crippen molar-refractivity contribution >= 4 is 11.8 Å². The Morgan fingerprint density at radius 1 is 1.28 bits per heavy atom. The van der Waals surface area contributed by atoms with Crippen LogP contribution < -0.4 is 10.1 Å². The van der Waals surface area contributed by atoms with Crippen molar-refractivity contribution in [3.63, 3.8) is 0 Å². The summed E-state index contributed by atoms with van der Waals surface area (Å²) >= 11 is 0. The number of carbonyl (C=O) groups excluding carboxylic acids is 1. The highest BCUT2D eigenvalue weighted by molar-refractivity contribution is 5.97. The molecule has 2 aliphatic rings. The second-order valence-electron chi connectivity index (χ2n) is 5.75. The first-order valence-corrected chi connectivity index (χ1v) is 7.41. The van der Waals surface area contributed by atoms with E-state index in [0.717, 1.165) is 11.3 Å². The Labute approximate surface area is 139 Å². The molecule has 3 heterocycles. The Morgan fingerprint density at radius 2 is 2.00 bits per heavy atom. The maximum Gasteiger partial charge on any atom is 0.573 e. The van der Waals surface area contributed by atoms with Crippen molar-refractivity contribution in [1.82, 2.24) is 10.2 Å². The van der Waals surface area contributed by atoms with Gasteiger partial charge in [0, 0.05) is 17.2 Å². The first kappa shape index (κ1) is 15.6. The van der Waals surface area contributed by atoms with Gasteiger partial charge in [-0.3, -0.25) is 5.10 Å². The minimum Gasteiger partial charge on any atom is -0.456 e. The zero-order chi connectivity index (χ0) is 17.8. The van der Waals surface area contributed by atoms with Crippen LogP contribution in [0.1, 0.15) is 22.7 Å². The number of anilines is 1. The van der Waals surface area contributed by atoms with E-state index in [9.17, 15) is 18.0 Å². The van der Waals surface area contributed by atoms with Gasteiger partial charge in [-0.15, -0.1) is 13.2 Å². The molecule has 6 nitrogen and oxygen atoms in total. The second-order valence-corrected chi connectivity index (χ2v) is 5.75. The maximum absolute atomic E-state index is 12.3. The molecule has 1 aromatic heterocycles. The van der Waals surface area contributed by atoms with E-state index in [4.69, 9.17) is 4.74 Å². The standard InChI is InChI=1S/C16H12F3N3O3/c1-7-11-12(8-2-4-9(5-3-8)25-16(17,18)19)13-10(6-24-15(13)23)20-14(11)22-21-7/h2-5,12H,6H2,1H3,(H2,20,21,22)/t12-/m0/s1. The Bertz CT molecular complexity index is 884. The van der Waals surface area contributed by atoms with Crippen LogP contribution in [0.4, 0.5) is 19.0 Å². The van der Waals surface area contributed by atoms with Crippen LogP contribution >= 0.6 is 0 Å². The Morgan fingerprint density at radius 3 is 2.68 bits per heavy atom. The molecule has 0 amide bonds. The van der Waals surface area contributed by atoms with Crippen LogP contribution in [0.25, 0.3) is 0 Å². The van der Waals surface area contributed by atoms with E-state index in [1.54, 1.807) is 0 Å². The van der Waals surface area contributed by atoms with E-state index in [0.29, 0.717) is 22.7 Å². The van der Waals surface area contributed by atoms with Gasteiger partial charge in [0.1, 0.15) is 12.4 Å². The number of rotatable bonds is 2. The molecular weight excluding hydrogens is 339 g/mol. The third kappa shape index (κ3) is 2.61. The summed E-state index contributed by atoms with van der Waals surface area (Å²) in [5.41, 5.74) is 3.23. The molecule has 0 spiro atoms. The fraction of sp³-hybridized carbons (Fsp3) is 0.250. The summed E-state index contributed by atoms with van der Waals surface area (Å²) in [7, 11) is 0. The van der Waals surface area contributed by atoms with Crippen molar-refractivity contribution in [1.29, 1.82) is 0 Å². The smallest absolute Gasteiger partial charge is 0.456 e. The van der Waals surface area contributed by atoms with Crippen LogP contribution in [0.15, 0.2) is 35.5 Å². The van der Waals surface area contributed by atoms with Gasteiger partial charge >= 0.3 is 12.3 Å². The van der Waals surface area contributed by atoms with Gasteiger partial charge in [0.25, 0.3) is 0 Å². The number of alkyl halides is 3. The fourth-order valence-corrected chi connectivity index (χ4v) is 3.18. The molecule has 1 aromatic carbocycles. The van der Waals surface area contributed by atoms with Crippen molar-refractivity contribution in [2.45, 2.75) is 19.2 Å². The molecule has 0 aliphatic carbocycles. The summed E-state index contributed by atoms with van der Waals surface area (Å²) in [6.45, 7) is 1.93. The van der Waals surface area contributed by atoms with E-state index in [-0.39, 0.29) is 12.4 Å². The molecule has 0 unspecified atom stereocenters. The number of H-pyrrole nitrogens is 1. The number of hydrogen-bond acceptors (Lipinski definition) is 5. The number of cyclic esters (lactones) is 1. The number of esters is 1. The molecule has 25 heavy (non-hydrogen) atoms. The maximum atomic E-state index is 12.3. The molecule has 0 saturated carbocycles. The summed E-state index contributed by atoms with van der Waals surface area (Å²) in [4.78, 5) is 12.2. The number of halogens is 3. The van der Waals surface area contributed by atoms with Crippen LogP contribution in [0.2, 0.25) is 0 Å². The Balaban J connectivity index is 1.77. The SMILES string of the molecule is Cc1[nH]nc2c1[C@H](c1ccc(OC(F)(F)F)cc1)C1=C(COC1=O)N2. The lowest BCUT2D eigenvalue weighted by atomic mass is 9.82. The molecule has 0 bridgehead atoms. The number of aromatic nitrogens is 2. The highest BCUT2D eigenvalue weighted by atomic mass is 19.4. The number of hydrogen-bond donors (Lipinski definition) is 2. The average molecular weight is 351 g/mol. The zero-order valence-corrected chi connectivity index (χ0v) is 12.9. The van der Waals surface area contributed by atoms with Gasteiger partial charge in [-0.25, -0.2) is 4.79 Å². The predicted octanol–water partition coefficient (Wildman–Crippen LogP) is 2.99. The van der Waals surface area contributed by atoms with Crippen LogP contribution in [0.3, 0.4) is 0 Å². The lowest BCUT2D eigenvalue weighted by molar-refractivity contribution is -0.274. The number of carbonyl (C=O) groups is 1. The van der Waals surface area contributed by atoms with Gasteiger partial charge < -0.3 is 14.8 Å². The lowest BCUT2D eigenvalue weighted by Crippen LogP contribution is -2.20. The number of nitrogens with zero attached hydrogens (tertiary/aromatic N) is 1. The van der Waals surface area contributed by atoms with Crippen LogP contribution in [0.5, 0.6) is 5.75 Å². The van der Waals surface area contributed by atoms with Gasteiger partial charge in [-0.1, -0.05) is 12.1 Å². The van der Waals surface area contributed by atoms with E-state index in [2.05, 4.69) is 20.3 Å². The quantitative estimate of drug-likeness (QED) is 0.814. The topological polar surface area (TPSA) is 76.2 Å². The lowest BCUT2D eigenvalue weighted by Gasteiger charge is -2.24. The predicted molar refractivity (Wildman–Crippen MR) is 79.9 cm³/mol. The number of benzene rings is 1. The first-order valence-electron chi connectivity index (χ1n) is 7.41. The minimum absolute atomic E-state index is 0.116. The Kier molecular flexibility index (Phi) is 3.28. The van der Waals surface area contributed by atoms with Crippen LogP contribution in [-0.4, -0.2) is 29.1 Å². The van der Waals surface area contributed by atoms with Crippen LogP contribution in [-0.2, 0) is 9.53 Å². The average Bonchev–Trinajstić information content (AvgIpc) is 3.09. The van der Waals surface area contributed by atoms with Crippen LogP contribution in [0, 0.1) is 6.92 Å². The van der Waals surface area contributed by atoms with Crippen molar-refractivity contribution in [3.8, 4) is 5.75 Å². The molecule has 130 valence electrons. The number of ether oxygens (including phenoxy) is 2. The fourth-order valence-electron chi connectivity index (χ4n) is 3.18. The molecular formula is C16H12F3N3O3. The molecule has 2 aliphatic heterocycles. The van der Waals surface area contributed by atoms with E-state index in [1.807, 2.05) is 6.92 Å². The minimum atomic E-state index is -4.75. The molecule has 0 saturated heterocycles. The molecule has 2 N–H and O–H groups in total. The molecule has 0 radical (unpaired) electrons. The number of aromatic amines is 1. The third-order valence-electron chi connectivity index (χ3n) is 4.18. The van der Waals surface area contributed by atoms with Gasteiger partial charge in [-0.2, -0.15) is 5.10 Å². The van der Waals surface area contributed by atoms with Gasteiger partial charge in [0.2, 0.25) is 0 Å². The summed E-state index contributed by atoms with van der Waals surface area (Å²) in [5, 5.41) is 10.1. The number of aryl methyl sites for hydroxylation is 1. The van der Waals surface area contributed by atoms with Crippen molar-refractivity contribution < 1.29 is 27.4 Å². The van der Waals surface area contributed by atoms with E-state index < -0.39 is 18.2 Å². The van der Waals surface area contributed by atoms with E-state index in [1.165, 1.54) is 24.3 Å². The first-order chi connectivity index (χ1) is 11.8. The second kappa shape index (κ2) is 5.27. The van der Waals surface area contributed by atoms with Gasteiger partial charge in [0.05, 0.1) is 11.3 Å². The summed E-state index contributed by atoms with van der Waals surface area (Å²) < 4.78 is 46.0. The van der Waals surface area contributed by atoms with Gasteiger partial charge in [0.15, 0.2) is 5.82 Å². The molecule has 0 fully saturated rings. The number of fused-ring (bicyclic) bond motifs is 1. The molecule has 1 atom stereocenters.